The molecule has 2 aromatic heterocycles. The first-order chi connectivity index (χ1) is 11.0. The summed E-state index contributed by atoms with van der Waals surface area (Å²) in [4.78, 5) is 4.75. The fraction of sp³-hybridized carbons (Fsp3) is 0.222. The van der Waals surface area contributed by atoms with Crippen molar-refractivity contribution in [1.29, 1.82) is 5.26 Å². The SMILES string of the molecule is COc1ccc(-c2nc3cc(C)c(Br)cn3c2CC#N)cc1C. The third kappa shape index (κ3) is 2.71. The van der Waals surface area contributed by atoms with Crippen molar-refractivity contribution in [3.63, 3.8) is 0 Å². The standard InChI is InChI=1S/C18H16BrN3O/c1-11-9-17-21-18(13-4-5-16(23-3)12(2)8-13)15(6-7-20)22(17)10-14(11)19/h4-5,8-10H,6H2,1-3H3. The molecule has 0 aliphatic rings. The van der Waals surface area contributed by atoms with Crippen LogP contribution in [-0.2, 0) is 6.42 Å². The van der Waals surface area contributed by atoms with E-state index in [2.05, 4.69) is 22.0 Å². The highest BCUT2D eigenvalue weighted by Crippen LogP contribution is 2.30. The number of nitriles is 1. The molecule has 0 unspecified atom stereocenters. The Kier molecular flexibility index (Phi) is 4.10. The predicted octanol–water partition coefficient (Wildman–Crippen LogP) is 4.46. The van der Waals surface area contributed by atoms with Gasteiger partial charge in [0, 0.05) is 16.2 Å². The van der Waals surface area contributed by atoms with Gasteiger partial charge in [-0.05, 0) is 65.2 Å². The number of rotatable bonds is 3. The highest BCUT2D eigenvalue weighted by atomic mass is 79.9. The number of pyridine rings is 1. The summed E-state index contributed by atoms with van der Waals surface area (Å²) in [5.41, 5.74) is 5.74. The van der Waals surface area contributed by atoms with Crippen LogP contribution in [0.1, 0.15) is 16.8 Å². The van der Waals surface area contributed by atoms with Crippen LogP contribution in [0.3, 0.4) is 0 Å². The molecule has 0 aliphatic heterocycles. The van der Waals surface area contributed by atoms with Gasteiger partial charge in [0.2, 0.25) is 0 Å². The zero-order chi connectivity index (χ0) is 16.6. The third-order valence-corrected chi connectivity index (χ3v) is 4.75. The minimum atomic E-state index is 0.303. The van der Waals surface area contributed by atoms with Gasteiger partial charge in [-0.1, -0.05) is 0 Å². The summed E-state index contributed by atoms with van der Waals surface area (Å²) in [6, 6.07) is 10.2. The van der Waals surface area contributed by atoms with Gasteiger partial charge < -0.3 is 9.14 Å². The fourth-order valence-electron chi connectivity index (χ4n) is 2.71. The Bertz CT molecular complexity index is 938. The number of halogens is 1. The van der Waals surface area contributed by atoms with E-state index in [1.165, 1.54) is 0 Å². The van der Waals surface area contributed by atoms with E-state index in [9.17, 15) is 5.26 Å². The summed E-state index contributed by atoms with van der Waals surface area (Å²) in [5, 5.41) is 9.21. The minimum absolute atomic E-state index is 0.303. The number of hydrogen-bond donors (Lipinski definition) is 0. The number of fused-ring (bicyclic) bond motifs is 1. The summed E-state index contributed by atoms with van der Waals surface area (Å²) in [6.07, 6.45) is 2.28. The second kappa shape index (κ2) is 6.05. The molecule has 23 heavy (non-hydrogen) atoms. The average molecular weight is 370 g/mol. The monoisotopic (exact) mass is 369 g/mol. The maximum atomic E-state index is 9.21. The van der Waals surface area contributed by atoms with Gasteiger partial charge in [0.05, 0.1) is 31.0 Å². The number of ether oxygens (including phenoxy) is 1. The van der Waals surface area contributed by atoms with Crippen molar-refractivity contribution in [2.45, 2.75) is 20.3 Å². The number of methoxy groups -OCH3 is 1. The number of hydrogen-bond acceptors (Lipinski definition) is 3. The lowest BCUT2D eigenvalue weighted by Crippen LogP contribution is -1.95. The van der Waals surface area contributed by atoms with Crippen molar-refractivity contribution in [2.24, 2.45) is 0 Å². The molecule has 3 rings (SSSR count). The van der Waals surface area contributed by atoms with Crippen molar-refractivity contribution < 1.29 is 4.74 Å². The molecule has 0 amide bonds. The zero-order valence-electron chi connectivity index (χ0n) is 13.2. The summed E-state index contributed by atoms with van der Waals surface area (Å²) in [6.45, 7) is 4.03. The van der Waals surface area contributed by atoms with Gasteiger partial charge in [-0.3, -0.25) is 0 Å². The van der Waals surface area contributed by atoms with E-state index in [-0.39, 0.29) is 0 Å². The first-order valence-electron chi connectivity index (χ1n) is 7.24. The molecule has 3 aromatic rings. The van der Waals surface area contributed by atoms with Gasteiger partial charge >= 0.3 is 0 Å². The Morgan fingerprint density at radius 1 is 1.26 bits per heavy atom. The van der Waals surface area contributed by atoms with Gasteiger partial charge in [0.25, 0.3) is 0 Å². The molecule has 0 aliphatic carbocycles. The van der Waals surface area contributed by atoms with Gasteiger partial charge in [-0.25, -0.2) is 4.98 Å². The molecule has 0 saturated heterocycles. The predicted molar refractivity (Wildman–Crippen MR) is 93.7 cm³/mol. The number of aromatic nitrogens is 2. The van der Waals surface area contributed by atoms with Gasteiger partial charge in [0.1, 0.15) is 11.4 Å². The van der Waals surface area contributed by atoms with Crippen molar-refractivity contribution in [1.82, 2.24) is 9.38 Å². The van der Waals surface area contributed by atoms with E-state index in [1.807, 2.05) is 48.7 Å². The number of nitrogens with zero attached hydrogens (tertiary/aromatic N) is 3. The number of aryl methyl sites for hydroxylation is 2. The van der Waals surface area contributed by atoms with E-state index >= 15 is 0 Å². The molecule has 116 valence electrons. The first-order valence-corrected chi connectivity index (χ1v) is 8.03. The largest absolute Gasteiger partial charge is 0.496 e. The molecule has 0 N–H and O–H groups in total. The van der Waals surface area contributed by atoms with Crippen LogP contribution >= 0.6 is 15.9 Å². The van der Waals surface area contributed by atoms with Gasteiger partial charge in [-0.15, -0.1) is 0 Å². The lowest BCUT2D eigenvalue weighted by atomic mass is 10.1. The van der Waals surface area contributed by atoms with Crippen LogP contribution < -0.4 is 4.74 Å². The Balaban J connectivity index is 2.26. The first kappa shape index (κ1) is 15.6. The average Bonchev–Trinajstić information content (AvgIpc) is 2.86. The highest BCUT2D eigenvalue weighted by molar-refractivity contribution is 9.10. The quantitative estimate of drug-likeness (QED) is 0.684. The highest BCUT2D eigenvalue weighted by Gasteiger charge is 2.15. The summed E-state index contributed by atoms with van der Waals surface area (Å²) in [7, 11) is 1.66. The summed E-state index contributed by atoms with van der Waals surface area (Å²) >= 11 is 3.55. The Morgan fingerprint density at radius 3 is 2.70 bits per heavy atom. The molecule has 0 atom stereocenters. The molecule has 0 fully saturated rings. The molecule has 4 nitrogen and oxygen atoms in total. The van der Waals surface area contributed by atoms with Crippen molar-refractivity contribution in [3.8, 4) is 23.1 Å². The van der Waals surface area contributed by atoms with Crippen molar-refractivity contribution >= 4 is 21.6 Å². The lowest BCUT2D eigenvalue weighted by Gasteiger charge is -2.07. The molecule has 5 heteroatoms. The van der Waals surface area contributed by atoms with Crippen LogP contribution in [0.2, 0.25) is 0 Å². The normalized spacial score (nSPS) is 10.7. The Hall–Kier alpha value is -2.32. The van der Waals surface area contributed by atoms with Crippen LogP contribution in [0.15, 0.2) is 34.9 Å². The minimum Gasteiger partial charge on any atom is -0.496 e. The van der Waals surface area contributed by atoms with Crippen LogP contribution in [0.4, 0.5) is 0 Å². The fourth-order valence-corrected chi connectivity index (χ4v) is 3.03. The van der Waals surface area contributed by atoms with Gasteiger partial charge in [0.15, 0.2) is 0 Å². The smallest absolute Gasteiger partial charge is 0.138 e. The second-order valence-electron chi connectivity index (χ2n) is 5.46. The van der Waals surface area contributed by atoms with E-state index in [0.717, 1.165) is 43.9 Å². The Morgan fingerprint density at radius 2 is 2.04 bits per heavy atom. The lowest BCUT2D eigenvalue weighted by molar-refractivity contribution is 0.412. The van der Waals surface area contributed by atoms with E-state index in [4.69, 9.17) is 9.72 Å². The maximum Gasteiger partial charge on any atom is 0.138 e. The second-order valence-corrected chi connectivity index (χ2v) is 6.31. The van der Waals surface area contributed by atoms with Crippen LogP contribution in [0, 0.1) is 25.2 Å². The van der Waals surface area contributed by atoms with Crippen LogP contribution in [0.25, 0.3) is 16.9 Å². The van der Waals surface area contributed by atoms with Gasteiger partial charge in [-0.2, -0.15) is 5.26 Å². The maximum absolute atomic E-state index is 9.21. The van der Waals surface area contributed by atoms with E-state index in [0.29, 0.717) is 6.42 Å². The molecule has 0 saturated carbocycles. The summed E-state index contributed by atoms with van der Waals surface area (Å²) < 4.78 is 8.30. The zero-order valence-corrected chi connectivity index (χ0v) is 14.8. The molecule has 0 radical (unpaired) electrons. The van der Waals surface area contributed by atoms with Crippen LogP contribution in [0.5, 0.6) is 5.75 Å². The molecule has 0 bridgehead atoms. The molecular weight excluding hydrogens is 354 g/mol. The van der Waals surface area contributed by atoms with Crippen molar-refractivity contribution in [3.05, 3.63) is 51.8 Å². The van der Waals surface area contributed by atoms with Crippen LogP contribution in [-0.4, -0.2) is 16.5 Å². The van der Waals surface area contributed by atoms with E-state index < -0.39 is 0 Å². The summed E-state index contributed by atoms with van der Waals surface area (Å²) in [5.74, 6) is 0.845. The third-order valence-electron chi connectivity index (χ3n) is 3.92. The molecular formula is C18H16BrN3O. The van der Waals surface area contributed by atoms with Crippen molar-refractivity contribution in [2.75, 3.05) is 7.11 Å². The number of imidazole rings is 1. The Labute approximate surface area is 143 Å². The van der Waals surface area contributed by atoms with E-state index in [1.54, 1.807) is 7.11 Å². The molecule has 2 heterocycles. The molecule has 0 spiro atoms. The topological polar surface area (TPSA) is 50.3 Å². The number of benzene rings is 1. The molecule has 1 aromatic carbocycles.